The molecule has 0 heterocycles. The van der Waals surface area contributed by atoms with Gasteiger partial charge in [0.2, 0.25) is 11.8 Å². The molecule has 1 saturated carbocycles. The molecule has 1 unspecified atom stereocenters. The summed E-state index contributed by atoms with van der Waals surface area (Å²) >= 11 is 0. The van der Waals surface area contributed by atoms with Crippen LogP contribution in [0.25, 0.3) is 0 Å². The Balaban J connectivity index is 1.96. The van der Waals surface area contributed by atoms with E-state index in [2.05, 4.69) is 21.6 Å². The molecular weight excluding hydrogens is 338 g/mol. The summed E-state index contributed by atoms with van der Waals surface area (Å²) < 4.78 is 0. The number of amides is 2. The molecule has 5 heteroatoms. The van der Waals surface area contributed by atoms with Crippen molar-refractivity contribution in [3.05, 3.63) is 35.4 Å². The summed E-state index contributed by atoms with van der Waals surface area (Å²) in [6.07, 6.45) is 5.31. The van der Waals surface area contributed by atoms with Crippen molar-refractivity contribution in [3.63, 3.8) is 0 Å². The van der Waals surface area contributed by atoms with E-state index in [0.717, 1.165) is 37.8 Å². The van der Waals surface area contributed by atoms with Gasteiger partial charge in [-0.25, -0.2) is 0 Å². The first-order chi connectivity index (χ1) is 12.9. The Labute approximate surface area is 163 Å². The molecule has 1 aliphatic rings. The number of nitrogens with zero attached hydrogens (tertiary/aromatic N) is 1. The monoisotopic (exact) mass is 373 g/mol. The van der Waals surface area contributed by atoms with Crippen LogP contribution in [0.4, 0.5) is 0 Å². The Bertz CT molecular complexity index is 622. The van der Waals surface area contributed by atoms with E-state index < -0.39 is 6.04 Å². The van der Waals surface area contributed by atoms with E-state index in [1.54, 1.807) is 0 Å². The average Bonchev–Trinajstić information content (AvgIpc) is 2.65. The molecular formula is C22H35N3O2. The third kappa shape index (κ3) is 6.65. The van der Waals surface area contributed by atoms with Crippen LogP contribution in [-0.4, -0.2) is 36.9 Å². The highest BCUT2D eigenvalue weighted by molar-refractivity contribution is 5.88. The zero-order valence-corrected chi connectivity index (χ0v) is 17.3. The Morgan fingerprint density at radius 2 is 1.70 bits per heavy atom. The summed E-state index contributed by atoms with van der Waals surface area (Å²) in [6, 6.07) is 7.66. The lowest BCUT2D eigenvalue weighted by Gasteiger charge is -2.26. The van der Waals surface area contributed by atoms with Crippen LogP contribution in [-0.2, 0) is 22.7 Å². The van der Waals surface area contributed by atoms with Gasteiger partial charge >= 0.3 is 0 Å². The number of hydrogen-bond acceptors (Lipinski definition) is 3. The number of carbonyl (C=O) groups excluding carboxylic acids is 2. The van der Waals surface area contributed by atoms with Gasteiger partial charge in [-0.05, 0) is 44.0 Å². The van der Waals surface area contributed by atoms with Gasteiger partial charge in [-0.1, -0.05) is 57.4 Å². The van der Waals surface area contributed by atoms with Crippen LogP contribution < -0.4 is 10.6 Å². The molecule has 1 aromatic rings. The van der Waals surface area contributed by atoms with Crippen molar-refractivity contribution in [2.75, 3.05) is 14.1 Å². The molecule has 0 aliphatic heterocycles. The van der Waals surface area contributed by atoms with E-state index in [4.69, 9.17) is 0 Å². The van der Waals surface area contributed by atoms with Crippen molar-refractivity contribution in [1.29, 1.82) is 0 Å². The van der Waals surface area contributed by atoms with Crippen LogP contribution >= 0.6 is 0 Å². The van der Waals surface area contributed by atoms with Gasteiger partial charge in [0, 0.05) is 19.0 Å². The predicted molar refractivity (Wildman–Crippen MR) is 109 cm³/mol. The fraction of sp³-hybridized carbons (Fsp3) is 0.636. The standard InChI is InChI=1S/C22H35N3O2/c1-16(2)20(24-21(26)17-10-6-5-7-11-17)22(27)23-14-18-12-8-9-13-19(18)15-25(3)4/h8-9,12-13,16-17,20H,5-7,10-11,14-15H2,1-4H3,(H,23,27)(H,24,26). The Morgan fingerprint density at radius 3 is 2.30 bits per heavy atom. The van der Waals surface area contributed by atoms with E-state index in [1.807, 2.05) is 46.1 Å². The van der Waals surface area contributed by atoms with Gasteiger partial charge in [0.15, 0.2) is 0 Å². The van der Waals surface area contributed by atoms with Crippen LogP contribution in [0.15, 0.2) is 24.3 Å². The largest absolute Gasteiger partial charge is 0.350 e. The molecule has 1 aromatic carbocycles. The number of rotatable bonds is 8. The van der Waals surface area contributed by atoms with E-state index in [-0.39, 0.29) is 23.7 Å². The average molecular weight is 374 g/mol. The molecule has 0 radical (unpaired) electrons. The van der Waals surface area contributed by atoms with Crippen LogP contribution in [0.5, 0.6) is 0 Å². The van der Waals surface area contributed by atoms with Crippen LogP contribution in [0.2, 0.25) is 0 Å². The Hall–Kier alpha value is -1.88. The first-order valence-electron chi connectivity index (χ1n) is 10.2. The lowest BCUT2D eigenvalue weighted by Crippen LogP contribution is -2.51. The Kier molecular flexibility index (Phi) is 8.29. The lowest BCUT2D eigenvalue weighted by molar-refractivity contribution is -0.132. The smallest absolute Gasteiger partial charge is 0.243 e. The van der Waals surface area contributed by atoms with Crippen LogP contribution in [0, 0.1) is 11.8 Å². The third-order valence-electron chi connectivity index (χ3n) is 5.28. The summed E-state index contributed by atoms with van der Waals surface area (Å²) in [4.78, 5) is 27.5. The van der Waals surface area contributed by atoms with E-state index in [0.29, 0.717) is 6.54 Å². The summed E-state index contributed by atoms with van der Waals surface area (Å²) in [5, 5.41) is 6.04. The minimum absolute atomic E-state index is 0.0385. The van der Waals surface area contributed by atoms with Gasteiger partial charge in [0.1, 0.15) is 6.04 Å². The molecule has 1 fully saturated rings. The molecule has 27 heavy (non-hydrogen) atoms. The van der Waals surface area contributed by atoms with Gasteiger partial charge in [0.05, 0.1) is 0 Å². The van der Waals surface area contributed by atoms with Crippen molar-refractivity contribution in [1.82, 2.24) is 15.5 Å². The maximum Gasteiger partial charge on any atom is 0.243 e. The molecule has 1 atom stereocenters. The van der Waals surface area contributed by atoms with Gasteiger partial charge < -0.3 is 15.5 Å². The van der Waals surface area contributed by atoms with Crippen molar-refractivity contribution < 1.29 is 9.59 Å². The van der Waals surface area contributed by atoms with Crippen molar-refractivity contribution in [3.8, 4) is 0 Å². The molecule has 0 spiro atoms. The topological polar surface area (TPSA) is 61.4 Å². The summed E-state index contributed by atoms with van der Waals surface area (Å²) in [6.45, 7) is 5.26. The Morgan fingerprint density at radius 1 is 1.07 bits per heavy atom. The van der Waals surface area contributed by atoms with Crippen LogP contribution in [0.1, 0.15) is 57.1 Å². The third-order valence-corrected chi connectivity index (χ3v) is 5.28. The number of carbonyl (C=O) groups is 2. The second kappa shape index (κ2) is 10.5. The summed E-state index contributed by atoms with van der Waals surface area (Å²) in [5.74, 6) is 0.0496. The molecule has 0 bridgehead atoms. The van der Waals surface area contributed by atoms with Gasteiger partial charge in [-0.2, -0.15) is 0 Å². The molecule has 2 amide bonds. The van der Waals surface area contributed by atoms with Gasteiger partial charge in [-0.3, -0.25) is 9.59 Å². The zero-order valence-electron chi connectivity index (χ0n) is 17.3. The maximum atomic E-state index is 12.8. The van der Waals surface area contributed by atoms with Crippen LogP contribution in [0.3, 0.4) is 0 Å². The minimum Gasteiger partial charge on any atom is -0.350 e. The minimum atomic E-state index is -0.486. The van der Waals surface area contributed by atoms with Crippen molar-refractivity contribution in [2.45, 2.75) is 65.1 Å². The van der Waals surface area contributed by atoms with Gasteiger partial charge in [-0.15, -0.1) is 0 Å². The SMILES string of the molecule is CC(C)C(NC(=O)C1CCCCC1)C(=O)NCc1ccccc1CN(C)C. The van der Waals surface area contributed by atoms with E-state index in [1.165, 1.54) is 12.0 Å². The number of nitrogens with one attached hydrogen (secondary N) is 2. The fourth-order valence-corrected chi connectivity index (χ4v) is 3.69. The first kappa shape index (κ1) is 21.4. The highest BCUT2D eigenvalue weighted by atomic mass is 16.2. The molecule has 5 nitrogen and oxygen atoms in total. The summed E-state index contributed by atoms with van der Waals surface area (Å²) in [7, 11) is 4.07. The molecule has 0 aromatic heterocycles. The van der Waals surface area contributed by atoms with E-state index >= 15 is 0 Å². The zero-order chi connectivity index (χ0) is 19.8. The normalized spacial score (nSPS) is 16.4. The quantitative estimate of drug-likeness (QED) is 0.736. The van der Waals surface area contributed by atoms with Gasteiger partial charge in [0.25, 0.3) is 0 Å². The number of hydrogen-bond donors (Lipinski definition) is 2. The second-order valence-electron chi connectivity index (χ2n) is 8.29. The van der Waals surface area contributed by atoms with E-state index in [9.17, 15) is 9.59 Å². The lowest BCUT2D eigenvalue weighted by atomic mass is 9.88. The fourth-order valence-electron chi connectivity index (χ4n) is 3.69. The molecule has 2 N–H and O–H groups in total. The molecule has 150 valence electrons. The first-order valence-corrected chi connectivity index (χ1v) is 10.2. The predicted octanol–water partition coefficient (Wildman–Crippen LogP) is 3.09. The molecule has 1 aliphatic carbocycles. The summed E-state index contributed by atoms with van der Waals surface area (Å²) in [5.41, 5.74) is 2.32. The maximum absolute atomic E-state index is 12.8. The highest BCUT2D eigenvalue weighted by Crippen LogP contribution is 2.24. The van der Waals surface area contributed by atoms with Crippen molar-refractivity contribution in [2.24, 2.45) is 11.8 Å². The second-order valence-corrected chi connectivity index (χ2v) is 8.29. The molecule has 0 saturated heterocycles. The highest BCUT2D eigenvalue weighted by Gasteiger charge is 2.28. The van der Waals surface area contributed by atoms with Crippen molar-refractivity contribution >= 4 is 11.8 Å². The number of benzene rings is 1. The molecule has 2 rings (SSSR count).